The first-order chi connectivity index (χ1) is 12.4. The maximum absolute atomic E-state index is 10.1. The van der Waals surface area contributed by atoms with Gasteiger partial charge in [0.2, 0.25) is 11.8 Å². The van der Waals surface area contributed by atoms with Crippen molar-refractivity contribution in [3.05, 3.63) is 0 Å². The predicted octanol–water partition coefficient (Wildman–Crippen LogP) is -5.33. The zero-order valence-electron chi connectivity index (χ0n) is 15.8. The van der Waals surface area contributed by atoms with E-state index in [0.29, 0.717) is 0 Å². The summed E-state index contributed by atoms with van der Waals surface area (Å²) in [6.45, 7) is 2.96. The third kappa shape index (κ3) is 49.7. The van der Waals surface area contributed by atoms with Crippen LogP contribution in [-0.4, -0.2) is 59.7 Å². The van der Waals surface area contributed by atoms with E-state index in [1.54, 1.807) is 0 Å². The van der Waals surface area contributed by atoms with E-state index in [0.717, 1.165) is 0 Å². The first-order valence-electron chi connectivity index (χ1n) is 7.25. The van der Waals surface area contributed by atoms with Gasteiger partial charge in [0, 0.05) is 57.5 Å². The van der Waals surface area contributed by atoms with Gasteiger partial charge in [-0.2, -0.15) is 12.6 Å². The number of nitrogens with two attached hydrogens (primary N) is 3. The molecule has 0 radical (unpaired) electrons. The second-order valence-electron chi connectivity index (χ2n) is 4.34. The number of hydrogen-bond acceptors (Lipinski definition) is 11. The van der Waals surface area contributed by atoms with Gasteiger partial charge in [-0.1, -0.05) is 0 Å². The number of nitrogens with one attached hydrogen (secondary N) is 2. The fraction of sp³-hybridized carbons (Fsp3) is 0.615. The van der Waals surface area contributed by atoms with E-state index in [1.807, 2.05) is 0 Å². The zero-order valence-corrected chi connectivity index (χ0v) is 22.2. The van der Waals surface area contributed by atoms with Crippen molar-refractivity contribution in [2.75, 3.05) is 18.8 Å². The van der Waals surface area contributed by atoms with E-state index in [4.69, 9.17) is 10.8 Å². The molecule has 1 atom stereocenters. The Bertz CT molecular complexity index is 399. The van der Waals surface area contributed by atoms with Crippen molar-refractivity contribution in [2.24, 2.45) is 17.4 Å². The summed E-state index contributed by atoms with van der Waals surface area (Å²) >= 11 is 3.65. The van der Waals surface area contributed by atoms with E-state index in [-0.39, 0.29) is 71.2 Å². The Kier molecular flexibility index (Phi) is 36.9. The molecule has 0 bridgehead atoms. The Labute approximate surface area is 188 Å². The van der Waals surface area contributed by atoms with Crippen LogP contribution < -0.4 is 38.3 Å². The average Bonchev–Trinajstić information content (AvgIpc) is 2.55. The summed E-state index contributed by atoms with van der Waals surface area (Å²) in [6, 6.07) is -0.816. The number of carbonyl (C=O) groups is 5. The number of carboxylic acids is 3. The second kappa shape index (κ2) is 27.7. The quantitative estimate of drug-likeness (QED) is 0.0588. The Morgan fingerprint density at radius 1 is 0.929 bits per heavy atom. The van der Waals surface area contributed by atoms with Crippen molar-refractivity contribution in [3.8, 4) is 0 Å². The van der Waals surface area contributed by atoms with Crippen molar-refractivity contribution >= 4 is 42.4 Å². The van der Waals surface area contributed by atoms with Gasteiger partial charge < -0.3 is 41.3 Å². The van der Waals surface area contributed by atoms with Crippen LogP contribution >= 0.6 is 12.6 Å². The van der Waals surface area contributed by atoms with E-state index in [2.05, 4.69) is 34.9 Å². The minimum absolute atomic E-state index is 0. The van der Waals surface area contributed by atoms with Gasteiger partial charge in [0.15, 0.2) is 0 Å². The number of amides is 2. The molecule has 0 unspecified atom stereocenters. The minimum atomic E-state index is -1.15. The fourth-order valence-corrected chi connectivity index (χ4v) is 0.915. The van der Waals surface area contributed by atoms with Crippen LogP contribution in [0.2, 0.25) is 0 Å². The topological polar surface area (TPSA) is 254 Å². The molecule has 13 nitrogen and oxygen atoms in total. The van der Waals surface area contributed by atoms with Crippen LogP contribution in [0.15, 0.2) is 0 Å². The van der Waals surface area contributed by atoms with E-state index >= 15 is 0 Å². The van der Waals surface area contributed by atoms with Crippen LogP contribution in [0.25, 0.3) is 0 Å². The molecular weight excluding hydrogens is 587 g/mol. The summed E-state index contributed by atoms with van der Waals surface area (Å²) in [5.74, 6) is 4.44. The molecule has 0 aromatic rings. The Morgan fingerprint density at radius 2 is 1.21 bits per heavy atom. The van der Waals surface area contributed by atoms with Gasteiger partial charge in [0.05, 0.1) is 0 Å². The molecule has 0 saturated heterocycles. The molecule has 0 fully saturated rings. The number of carboxylic acid groups (broad SMARTS) is 3. The number of rotatable bonds is 8. The molecule has 2 amide bonds. The Morgan fingerprint density at radius 3 is 1.32 bits per heavy atom. The summed E-state index contributed by atoms with van der Waals surface area (Å²) in [5.41, 5.74) is 4.94. The van der Waals surface area contributed by atoms with Crippen LogP contribution in [0, 0.1) is 0 Å². The fourth-order valence-electron chi connectivity index (χ4n) is 0.759. The largest absolute Gasteiger partial charge is 2.00 e. The maximum atomic E-state index is 10.1. The number of thiol groups is 1. The zero-order chi connectivity index (χ0) is 22.4. The summed E-state index contributed by atoms with van der Waals surface area (Å²) < 4.78 is 0. The smallest absolute Gasteiger partial charge is 0.550 e. The summed E-state index contributed by atoms with van der Waals surface area (Å²) in [5, 5.41) is 32.1. The standard InChI is InChI=1S/2C5H9NO3.C3H7NO2S.Hg.H4N2/c2*1-4(7)6-3-2-5(8)9;4-2(1-7)3(5)6;;1-2/h2*2-3H2,1H3,(H,6,7)(H,8,9);2,7H,1,4H2,(H,5,6);;1-2H2/q;;;+2;/p-2/t;;2-;;/m..0../s1. The summed E-state index contributed by atoms with van der Waals surface area (Å²) in [7, 11) is 0. The van der Waals surface area contributed by atoms with E-state index in [9.17, 15) is 34.2 Å². The normalized spacial score (nSPS) is 9.07. The SMILES string of the molecule is CC(=O)NCCC(=O)[O-].CC(=O)NCCC(=O)[O-].NN.N[C@@H](CS)C(=O)O.[Hg+2]. The molecule has 0 heterocycles. The predicted molar refractivity (Wildman–Crippen MR) is 94.5 cm³/mol. The summed E-state index contributed by atoms with van der Waals surface area (Å²) in [4.78, 5) is 49.4. The third-order valence-corrected chi connectivity index (χ3v) is 2.31. The molecule has 0 spiro atoms. The van der Waals surface area contributed by atoms with Crippen molar-refractivity contribution < 1.29 is 67.0 Å². The Balaban J connectivity index is -0.0000000894. The molecule has 0 rings (SSSR count). The van der Waals surface area contributed by atoms with Gasteiger partial charge in [0.25, 0.3) is 0 Å². The van der Waals surface area contributed by atoms with Crippen LogP contribution in [0.4, 0.5) is 0 Å². The van der Waals surface area contributed by atoms with Crippen LogP contribution in [-0.2, 0) is 51.6 Å². The first kappa shape index (κ1) is 37.3. The third-order valence-electron chi connectivity index (χ3n) is 1.92. The van der Waals surface area contributed by atoms with Gasteiger partial charge in [-0.25, -0.2) is 0 Å². The van der Waals surface area contributed by atoms with Crippen molar-refractivity contribution in [1.82, 2.24) is 10.6 Å². The molecule has 28 heavy (non-hydrogen) atoms. The molecule has 0 aromatic heterocycles. The van der Waals surface area contributed by atoms with Crippen molar-refractivity contribution in [1.29, 1.82) is 0 Å². The maximum Gasteiger partial charge on any atom is 2.00 e. The second-order valence-corrected chi connectivity index (χ2v) is 4.70. The van der Waals surface area contributed by atoms with E-state index < -0.39 is 23.9 Å². The van der Waals surface area contributed by atoms with Gasteiger partial charge in [-0.3, -0.25) is 26.1 Å². The van der Waals surface area contributed by atoms with Gasteiger partial charge >= 0.3 is 33.6 Å². The Hall–Kier alpha value is -1.48. The summed E-state index contributed by atoms with van der Waals surface area (Å²) in [6.07, 6.45) is -0.251. The molecule has 0 aromatic carbocycles. The van der Waals surface area contributed by atoms with Gasteiger partial charge in [0.1, 0.15) is 6.04 Å². The van der Waals surface area contributed by atoms with Crippen molar-refractivity contribution in [3.63, 3.8) is 0 Å². The molecule has 0 saturated carbocycles. The van der Waals surface area contributed by atoms with Crippen LogP contribution in [0.3, 0.4) is 0 Å². The number of hydrazine groups is 1. The van der Waals surface area contributed by atoms with Crippen LogP contribution in [0.5, 0.6) is 0 Å². The first-order valence-corrected chi connectivity index (χ1v) is 7.88. The molecule has 160 valence electrons. The van der Waals surface area contributed by atoms with Crippen LogP contribution in [0.1, 0.15) is 26.7 Å². The monoisotopic (exact) mass is 615 g/mol. The van der Waals surface area contributed by atoms with Gasteiger partial charge in [-0.05, 0) is 0 Å². The molecular formula is C13H27HgN5O8S. The van der Waals surface area contributed by atoms with E-state index in [1.165, 1.54) is 13.8 Å². The number of hydrogen-bond donors (Lipinski definition) is 7. The molecule has 0 aliphatic heterocycles. The average molecular weight is 614 g/mol. The molecule has 0 aliphatic carbocycles. The number of aliphatic carboxylic acids is 3. The minimum Gasteiger partial charge on any atom is -0.550 e. The van der Waals surface area contributed by atoms with Crippen molar-refractivity contribution in [2.45, 2.75) is 32.7 Å². The molecule has 15 heteroatoms. The number of carbonyl (C=O) groups excluding carboxylic acids is 4. The van der Waals surface area contributed by atoms with Gasteiger partial charge in [-0.15, -0.1) is 0 Å². The molecule has 0 aliphatic rings. The molecule has 9 N–H and O–H groups in total.